The third-order valence-corrected chi connectivity index (χ3v) is 9.01. The Balaban J connectivity index is 4.49. The summed E-state index contributed by atoms with van der Waals surface area (Å²) in [5.74, 6) is -2.29. The average molecular weight is 726 g/mol. The van der Waals surface area contributed by atoms with Gasteiger partial charge in [0.05, 0.1) is 40.3 Å². The minimum atomic E-state index is -1.62. The predicted molar refractivity (Wildman–Crippen MR) is 205 cm³/mol. The van der Waals surface area contributed by atoms with Gasteiger partial charge in [-0.2, -0.15) is 0 Å². The lowest BCUT2D eigenvalue weighted by molar-refractivity contribution is -0.870. The number of rotatable bonds is 38. The molecule has 0 saturated carbocycles. The Labute approximate surface area is 313 Å². The lowest BCUT2D eigenvalue weighted by atomic mass is 10.1. The summed E-state index contributed by atoms with van der Waals surface area (Å²) in [4.78, 5) is 36.8. The molecule has 9 nitrogen and oxygen atoms in total. The maximum absolute atomic E-state index is 12.7. The van der Waals surface area contributed by atoms with E-state index in [2.05, 4.69) is 26.0 Å². The van der Waals surface area contributed by atoms with Crippen LogP contribution in [0, 0.1) is 0 Å². The van der Waals surface area contributed by atoms with Crippen LogP contribution in [-0.2, 0) is 33.3 Å². The molecule has 0 heterocycles. The number of likely N-dealkylation sites (N-methyl/N-ethyl adjacent to an activating group) is 1. The summed E-state index contributed by atoms with van der Waals surface area (Å²) in [6.45, 7) is 4.71. The zero-order valence-electron chi connectivity index (χ0n) is 33.7. The number of carboxylic acids is 1. The first-order chi connectivity index (χ1) is 24.6. The Hall–Kier alpha value is -1.97. The Bertz CT molecular complexity index is 856. The molecule has 0 amide bonds. The fourth-order valence-corrected chi connectivity index (χ4v) is 5.71. The molecule has 300 valence electrons. The van der Waals surface area contributed by atoms with Gasteiger partial charge in [0, 0.05) is 12.8 Å². The molecule has 0 spiro atoms. The van der Waals surface area contributed by atoms with E-state index in [9.17, 15) is 19.5 Å². The van der Waals surface area contributed by atoms with Gasteiger partial charge >= 0.3 is 11.9 Å². The molecule has 9 heteroatoms. The fourth-order valence-electron chi connectivity index (χ4n) is 5.71. The summed E-state index contributed by atoms with van der Waals surface area (Å²) < 4.78 is 22.5. The molecule has 51 heavy (non-hydrogen) atoms. The summed E-state index contributed by atoms with van der Waals surface area (Å²) in [6.07, 6.45) is 30.9. The molecular formula is C42H79NO8. The van der Waals surface area contributed by atoms with Gasteiger partial charge in [0.15, 0.2) is 12.4 Å². The average Bonchev–Trinajstić information content (AvgIpc) is 3.08. The Morgan fingerprint density at radius 3 is 1.45 bits per heavy atom. The van der Waals surface area contributed by atoms with E-state index in [1.165, 1.54) is 96.3 Å². The summed E-state index contributed by atoms with van der Waals surface area (Å²) in [6, 6.07) is 0. The molecule has 2 unspecified atom stereocenters. The van der Waals surface area contributed by atoms with E-state index in [1.54, 1.807) is 0 Å². The maximum Gasteiger partial charge on any atom is 0.306 e. The molecule has 0 N–H and O–H groups in total. The van der Waals surface area contributed by atoms with Crippen LogP contribution >= 0.6 is 0 Å². The zero-order valence-corrected chi connectivity index (χ0v) is 33.7. The number of carboxylic acid groups (broad SMARTS) is 1. The van der Waals surface area contributed by atoms with Crippen molar-refractivity contribution in [3.05, 3.63) is 12.2 Å². The van der Waals surface area contributed by atoms with Crippen molar-refractivity contribution >= 4 is 17.9 Å². The van der Waals surface area contributed by atoms with Gasteiger partial charge in [-0.3, -0.25) is 9.59 Å². The molecule has 0 bridgehead atoms. The Morgan fingerprint density at radius 2 is 1.00 bits per heavy atom. The van der Waals surface area contributed by atoms with Gasteiger partial charge in [0.25, 0.3) is 0 Å². The van der Waals surface area contributed by atoms with Crippen molar-refractivity contribution in [3.8, 4) is 0 Å². The maximum atomic E-state index is 12.7. The highest BCUT2D eigenvalue weighted by Crippen LogP contribution is 2.14. The van der Waals surface area contributed by atoms with Gasteiger partial charge in [-0.15, -0.1) is 0 Å². The number of carbonyl (C=O) groups is 3. The van der Waals surface area contributed by atoms with Crippen molar-refractivity contribution in [1.82, 2.24) is 0 Å². The molecule has 0 aliphatic rings. The van der Waals surface area contributed by atoms with E-state index < -0.39 is 24.3 Å². The first-order valence-corrected chi connectivity index (χ1v) is 20.8. The predicted octanol–water partition coefficient (Wildman–Crippen LogP) is 9.00. The highest BCUT2D eigenvalue weighted by Gasteiger charge is 2.21. The number of carbonyl (C=O) groups excluding carboxylic acids is 3. The number of unbranched alkanes of at least 4 members (excludes halogenated alkanes) is 21. The van der Waals surface area contributed by atoms with E-state index in [4.69, 9.17) is 18.9 Å². The number of hydrogen-bond acceptors (Lipinski definition) is 8. The van der Waals surface area contributed by atoms with Crippen molar-refractivity contribution in [2.45, 2.75) is 193 Å². The molecule has 0 fully saturated rings. The van der Waals surface area contributed by atoms with Crippen LogP contribution in [0.5, 0.6) is 0 Å². The smallest absolute Gasteiger partial charge is 0.306 e. The fraction of sp³-hybridized carbons (Fsp3) is 0.881. The molecular weight excluding hydrogens is 646 g/mol. The summed E-state index contributed by atoms with van der Waals surface area (Å²) in [5, 5.41) is 11.6. The van der Waals surface area contributed by atoms with Crippen LogP contribution in [-0.4, -0.2) is 82.3 Å². The van der Waals surface area contributed by atoms with Crippen LogP contribution in [0.25, 0.3) is 0 Å². The molecule has 0 aromatic heterocycles. The molecule has 0 aromatic carbocycles. The van der Waals surface area contributed by atoms with Crippen molar-refractivity contribution in [3.63, 3.8) is 0 Å². The van der Waals surface area contributed by atoms with Crippen LogP contribution < -0.4 is 5.11 Å². The number of aliphatic carboxylic acids is 1. The molecule has 0 aliphatic heterocycles. The number of quaternary nitrogens is 1. The topological polar surface area (TPSA) is 111 Å². The first kappa shape index (κ1) is 49.0. The number of allylic oxidation sites excluding steroid dienone is 2. The molecule has 2 atom stereocenters. The van der Waals surface area contributed by atoms with E-state index in [-0.39, 0.29) is 32.2 Å². The first-order valence-electron chi connectivity index (χ1n) is 20.8. The number of nitrogens with zero attached hydrogens (tertiary/aromatic N) is 1. The highest BCUT2D eigenvalue weighted by atomic mass is 16.7. The zero-order chi connectivity index (χ0) is 37.8. The van der Waals surface area contributed by atoms with Crippen LogP contribution in [0.4, 0.5) is 0 Å². The summed E-state index contributed by atoms with van der Waals surface area (Å²) >= 11 is 0. The van der Waals surface area contributed by atoms with Gasteiger partial charge in [0.2, 0.25) is 0 Å². The molecule has 0 radical (unpaired) electrons. The van der Waals surface area contributed by atoms with E-state index >= 15 is 0 Å². The minimum Gasteiger partial charge on any atom is -0.545 e. The van der Waals surface area contributed by atoms with Gasteiger partial charge < -0.3 is 33.3 Å². The summed E-state index contributed by atoms with van der Waals surface area (Å²) in [7, 11) is 5.90. The normalized spacial score (nSPS) is 13.0. The molecule has 0 rings (SSSR count). The molecule has 0 aromatic rings. The van der Waals surface area contributed by atoms with Crippen molar-refractivity contribution in [2.75, 3.05) is 47.5 Å². The summed E-state index contributed by atoms with van der Waals surface area (Å²) in [5.41, 5.74) is 0. The van der Waals surface area contributed by atoms with Gasteiger partial charge in [0.1, 0.15) is 13.2 Å². The van der Waals surface area contributed by atoms with E-state index in [0.717, 1.165) is 51.4 Å². The van der Waals surface area contributed by atoms with Crippen molar-refractivity contribution < 1.29 is 42.9 Å². The third kappa shape index (κ3) is 36.2. The Kier molecular flexibility index (Phi) is 33.7. The largest absolute Gasteiger partial charge is 0.545 e. The van der Waals surface area contributed by atoms with Crippen molar-refractivity contribution in [1.29, 1.82) is 0 Å². The highest BCUT2D eigenvalue weighted by molar-refractivity contribution is 5.70. The van der Waals surface area contributed by atoms with Crippen LogP contribution in [0.15, 0.2) is 12.2 Å². The third-order valence-electron chi connectivity index (χ3n) is 9.01. The number of esters is 2. The SMILES string of the molecule is CCCCCCCC/C=C\CCCCCCCC(=O)OC(COC(=O)CCCCCCCCCCCCC)COC(OCC[N+](C)(C)C)C(=O)[O-]. The van der Waals surface area contributed by atoms with Crippen molar-refractivity contribution in [2.24, 2.45) is 0 Å². The molecule has 0 saturated heterocycles. The van der Waals surface area contributed by atoms with Crippen LogP contribution in [0.2, 0.25) is 0 Å². The standard InChI is InChI=1S/C42H79NO8/c1-6-8-10-12-14-16-18-19-20-21-23-25-27-29-31-33-40(45)51-38(37-50-42(41(46)47)48-35-34-43(3,4)5)36-49-39(44)32-30-28-26-24-22-17-15-13-11-9-7-2/h19-20,38,42H,6-18,21-37H2,1-5H3/b20-19-. The van der Waals surface area contributed by atoms with Gasteiger partial charge in [-0.05, 0) is 38.5 Å². The molecule has 0 aliphatic carbocycles. The quantitative estimate of drug-likeness (QED) is 0.0204. The van der Waals surface area contributed by atoms with E-state index in [0.29, 0.717) is 23.9 Å². The number of hydrogen-bond donors (Lipinski definition) is 0. The van der Waals surface area contributed by atoms with Gasteiger partial charge in [-0.25, -0.2) is 0 Å². The second-order valence-electron chi connectivity index (χ2n) is 15.3. The lowest BCUT2D eigenvalue weighted by Gasteiger charge is -2.26. The monoisotopic (exact) mass is 726 g/mol. The number of ether oxygens (including phenoxy) is 4. The second-order valence-corrected chi connectivity index (χ2v) is 15.3. The van der Waals surface area contributed by atoms with Crippen LogP contribution in [0.3, 0.4) is 0 Å². The second kappa shape index (κ2) is 35.1. The lowest BCUT2D eigenvalue weighted by Crippen LogP contribution is -2.44. The van der Waals surface area contributed by atoms with Crippen LogP contribution in [0.1, 0.15) is 181 Å². The van der Waals surface area contributed by atoms with E-state index in [1.807, 2.05) is 21.1 Å². The Morgan fingerprint density at radius 1 is 0.569 bits per heavy atom. The minimum absolute atomic E-state index is 0.149. The van der Waals surface area contributed by atoms with Gasteiger partial charge in [-0.1, -0.05) is 142 Å².